The van der Waals surface area contributed by atoms with Gasteiger partial charge >= 0.3 is 0 Å². The van der Waals surface area contributed by atoms with E-state index in [9.17, 15) is 5.11 Å². The normalized spacial score (nSPS) is 12.4. The molecule has 88 valence electrons. The second-order valence-electron chi connectivity index (χ2n) is 3.92. The highest BCUT2D eigenvalue weighted by atomic mass is 79.9. The summed E-state index contributed by atoms with van der Waals surface area (Å²) in [5, 5.41) is 10.1. The van der Waals surface area contributed by atoms with Gasteiger partial charge in [-0.2, -0.15) is 0 Å². The summed E-state index contributed by atoms with van der Waals surface area (Å²) in [5.74, 6) is 0. The molecule has 1 N–H and O–H groups in total. The van der Waals surface area contributed by atoms with E-state index in [1.165, 1.54) is 0 Å². The summed E-state index contributed by atoms with van der Waals surface area (Å²) in [6.07, 6.45) is 3.42. The molecule has 0 saturated heterocycles. The zero-order chi connectivity index (χ0) is 12.3. The average Bonchev–Trinajstić information content (AvgIpc) is 2.32. The van der Waals surface area contributed by atoms with Gasteiger partial charge in [0.15, 0.2) is 0 Å². The number of hydrogen-bond donors (Lipinski definition) is 1. The van der Waals surface area contributed by atoms with Crippen molar-refractivity contribution in [2.45, 2.75) is 19.4 Å². The Morgan fingerprint density at radius 2 is 2.12 bits per heavy atom. The van der Waals surface area contributed by atoms with Gasteiger partial charge in [0, 0.05) is 34.7 Å². The maximum atomic E-state index is 10.1. The predicted molar refractivity (Wildman–Crippen MR) is 69.6 cm³/mol. The highest BCUT2D eigenvalue weighted by Gasteiger charge is 2.09. The van der Waals surface area contributed by atoms with Crippen LogP contribution < -0.4 is 0 Å². The Hall–Kier alpha value is -1.26. The number of aryl methyl sites for hydroxylation is 1. The van der Waals surface area contributed by atoms with Crippen molar-refractivity contribution in [2.75, 3.05) is 0 Å². The minimum atomic E-state index is -0.537. The van der Waals surface area contributed by atoms with Crippen LogP contribution in [0.15, 0.2) is 41.1 Å². The quantitative estimate of drug-likeness (QED) is 0.946. The zero-order valence-corrected chi connectivity index (χ0v) is 11.1. The Morgan fingerprint density at radius 3 is 2.76 bits per heavy atom. The molecule has 0 fully saturated rings. The average molecular weight is 293 g/mol. The van der Waals surface area contributed by atoms with Crippen LogP contribution in [-0.2, 0) is 6.42 Å². The van der Waals surface area contributed by atoms with Crippen LogP contribution in [0, 0.1) is 6.92 Å². The number of nitrogens with zero attached hydrogens (tertiary/aromatic N) is 2. The van der Waals surface area contributed by atoms with Crippen LogP contribution in [0.3, 0.4) is 0 Å². The molecule has 0 radical (unpaired) electrons. The summed E-state index contributed by atoms with van der Waals surface area (Å²) in [6, 6.07) is 7.55. The first-order valence-electron chi connectivity index (χ1n) is 5.36. The highest BCUT2D eigenvalue weighted by Crippen LogP contribution is 2.18. The lowest BCUT2D eigenvalue weighted by atomic mass is 10.1. The third kappa shape index (κ3) is 3.35. The molecule has 2 rings (SSSR count). The summed E-state index contributed by atoms with van der Waals surface area (Å²) < 4.78 is 0.940. The third-order valence-corrected chi connectivity index (χ3v) is 2.97. The van der Waals surface area contributed by atoms with Crippen molar-refractivity contribution in [2.24, 2.45) is 0 Å². The fourth-order valence-corrected chi connectivity index (χ4v) is 1.85. The first-order valence-corrected chi connectivity index (χ1v) is 6.15. The summed E-state index contributed by atoms with van der Waals surface area (Å²) >= 11 is 3.33. The second-order valence-corrected chi connectivity index (χ2v) is 4.83. The first-order chi connectivity index (χ1) is 8.15. The Kier molecular flexibility index (Phi) is 3.86. The van der Waals surface area contributed by atoms with Crippen LogP contribution in [-0.4, -0.2) is 15.1 Å². The van der Waals surface area contributed by atoms with E-state index in [0.717, 1.165) is 21.4 Å². The lowest BCUT2D eigenvalue weighted by Crippen LogP contribution is -2.03. The van der Waals surface area contributed by atoms with Gasteiger partial charge in [-0.25, -0.2) is 0 Å². The lowest BCUT2D eigenvalue weighted by Gasteiger charge is -2.10. The molecule has 1 atom stereocenters. The lowest BCUT2D eigenvalue weighted by molar-refractivity contribution is 0.177. The summed E-state index contributed by atoms with van der Waals surface area (Å²) in [6.45, 7) is 1.91. The van der Waals surface area contributed by atoms with Crippen molar-refractivity contribution in [3.05, 3.63) is 58.1 Å². The van der Waals surface area contributed by atoms with Crippen molar-refractivity contribution >= 4 is 15.9 Å². The van der Waals surface area contributed by atoms with Gasteiger partial charge in [0.25, 0.3) is 0 Å². The zero-order valence-electron chi connectivity index (χ0n) is 9.47. The molecule has 2 aromatic rings. The summed E-state index contributed by atoms with van der Waals surface area (Å²) in [4.78, 5) is 8.35. The molecule has 0 aliphatic carbocycles. The van der Waals surface area contributed by atoms with Gasteiger partial charge in [-0.15, -0.1) is 0 Å². The molecule has 1 unspecified atom stereocenters. The van der Waals surface area contributed by atoms with E-state index in [4.69, 9.17) is 0 Å². The molecule has 2 aromatic heterocycles. The largest absolute Gasteiger partial charge is 0.388 e. The Bertz CT molecular complexity index is 499. The molecule has 3 nitrogen and oxygen atoms in total. The van der Waals surface area contributed by atoms with Crippen molar-refractivity contribution in [3.8, 4) is 0 Å². The summed E-state index contributed by atoms with van der Waals surface area (Å²) in [5.41, 5.74) is 2.66. The molecule has 0 aliphatic heterocycles. The number of aliphatic hydroxyl groups excluding tert-OH is 1. The number of halogens is 1. The van der Waals surface area contributed by atoms with Gasteiger partial charge < -0.3 is 5.11 Å². The standard InChI is InChI=1S/C13H13BrN2O/c1-9-6-10(4-5-15-9)13(17)7-12-3-2-11(14)8-16-12/h2-6,8,13,17H,7H2,1H3. The van der Waals surface area contributed by atoms with Crippen LogP contribution in [0.2, 0.25) is 0 Å². The molecular formula is C13H13BrN2O. The maximum Gasteiger partial charge on any atom is 0.0846 e. The Balaban J connectivity index is 2.11. The number of hydrogen-bond acceptors (Lipinski definition) is 3. The fourth-order valence-electron chi connectivity index (χ4n) is 1.62. The molecule has 0 bridgehead atoms. The number of rotatable bonds is 3. The second kappa shape index (κ2) is 5.38. The van der Waals surface area contributed by atoms with Crippen LogP contribution in [0.4, 0.5) is 0 Å². The minimum absolute atomic E-state index is 0.511. The molecule has 4 heteroatoms. The van der Waals surface area contributed by atoms with Gasteiger partial charge in [0.05, 0.1) is 6.10 Å². The van der Waals surface area contributed by atoms with Crippen molar-refractivity contribution in [3.63, 3.8) is 0 Å². The van der Waals surface area contributed by atoms with Crippen LogP contribution >= 0.6 is 15.9 Å². The predicted octanol–water partition coefficient (Wildman–Crippen LogP) is 2.82. The smallest absolute Gasteiger partial charge is 0.0846 e. The first kappa shape index (κ1) is 12.2. The monoisotopic (exact) mass is 292 g/mol. The van der Waals surface area contributed by atoms with E-state index < -0.39 is 6.10 Å². The molecule has 0 aliphatic rings. The molecule has 0 spiro atoms. The van der Waals surface area contributed by atoms with E-state index in [1.807, 2.05) is 31.2 Å². The minimum Gasteiger partial charge on any atom is -0.388 e. The molecule has 2 heterocycles. The molecule has 17 heavy (non-hydrogen) atoms. The van der Waals surface area contributed by atoms with Gasteiger partial charge in [-0.05, 0) is 52.7 Å². The van der Waals surface area contributed by atoms with Gasteiger partial charge in [-0.1, -0.05) is 0 Å². The number of aliphatic hydroxyl groups is 1. The van der Waals surface area contributed by atoms with E-state index >= 15 is 0 Å². The maximum absolute atomic E-state index is 10.1. The Morgan fingerprint density at radius 1 is 1.29 bits per heavy atom. The third-order valence-electron chi connectivity index (χ3n) is 2.50. The van der Waals surface area contributed by atoms with Crippen molar-refractivity contribution < 1.29 is 5.11 Å². The van der Waals surface area contributed by atoms with Gasteiger partial charge in [-0.3, -0.25) is 9.97 Å². The van der Waals surface area contributed by atoms with E-state index in [0.29, 0.717) is 6.42 Å². The van der Waals surface area contributed by atoms with Crippen molar-refractivity contribution in [1.82, 2.24) is 9.97 Å². The van der Waals surface area contributed by atoms with Gasteiger partial charge in [0.1, 0.15) is 0 Å². The van der Waals surface area contributed by atoms with E-state index in [2.05, 4.69) is 25.9 Å². The Labute approximate surface area is 109 Å². The van der Waals surface area contributed by atoms with Crippen molar-refractivity contribution in [1.29, 1.82) is 0 Å². The highest BCUT2D eigenvalue weighted by molar-refractivity contribution is 9.10. The van der Waals surface area contributed by atoms with Gasteiger partial charge in [0.2, 0.25) is 0 Å². The summed E-state index contributed by atoms with van der Waals surface area (Å²) in [7, 11) is 0. The van der Waals surface area contributed by atoms with E-state index in [1.54, 1.807) is 12.4 Å². The topological polar surface area (TPSA) is 46.0 Å². The van der Waals surface area contributed by atoms with Crippen LogP contribution in [0.25, 0.3) is 0 Å². The molecule has 0 aromatic carbocycles. The number of aromatic nitrogens is 2. The number of pyridine rings is 2. The van der Waals surface area contributed by atoms with Crippen LogP contribution in [0.1, 0.15) is 23.1 Å². The van der Waals surface area contributed by atoms with E-state index in [-0.39, 0.29) is 0 Å². The SMILES string of the molecule is Cc1cc(C(O)Cc2ccc(Br)cn2)ccn1. The molecule has 0 amide bonds. The fraction of sp³-hybridized carbons (Fsp3) is 0.231. The molecular weight excluding hydrogens is 280 g/mol. The van der Waals surface area contributed by atoms with Crippen LogP contribution in [0.5, 0.6) is 0 Å². The molecule has 0 saturated carbocycles.